The van der Waals surface area contributed by atoms with Gasteiger partial charge in [0.2, 0.25) is 5.91 Å². The van der Waals surface area contributed by atoms with Gasteiger partial charge in [0.15, 0.2) is 11.6 Å². The van der Waals surface area contributed by atoms with E-state index in [9.17, 15) is 22.8 Å². The van der Waals surface area contributed by atoms with E-state index >= 15 is 0 Å². The van der Waals surface area contributed by atoms with Crippen LogP contribution >= 0.6 is 46.4 Å². The third kappa shape index (κ3) is 5.02. The highest BCUT2D eigenvalue weighted by molar-refractivity contribution is 6.53. The number of carbonyl (C=O) groups is 2. The first-order valence-corrected chi connectivity index (χ1v) is 11.4. The van der Waals surface area contributed by atoms with Crippen molar-refractivity contribution in [3.05, 3.63) is 87.2 Å². The van der Waals surface area contributed by atoms with Crippen LogP contribution in [0, 0.1) is 23.4 Å². The molecular formula is C23H14Cl4F3N3O2. The maximum Gasteiger partial charge on any atom is 0.257 e. The van der Waals surface area contributed by atoms with Gasteiger partial charge in [0, 0.05) is 23.7 Å². The fraction of sp³-hybridized carbons (Fsp3) is 0.130. The second-order valence-corrected chi connectivity index (χ2v) is 10.1. The minimum absolute atomic E-state index is 0.0240. The molecule has 35 heavy (non-hydrogen) atoms. The van der Waals surface area contributed by atoms with Crippen LogP contribution in [-0.4, -0.2) is 16.1 Å². The summed E-state index contributed by atoms with van der Waals surface area (Å²) in [7, 11) is 0. The van der Waals surface area contributed by atoms with Crippen molar-refractivity contribution in [2.45, 2.75) is 10.3 Å². The molecule has 0 radical (unpaired) electrons. The Morgan fingerprint density at radius 2 is 1.54 bits per heavy atom. The van der Waals surface area contributed by atoms with Gasteiger partial charge in [0.05, 0.1) is 32.9 Å². The largest absolute Gasteiger partial charge is 0.397 e. The Morgan fingerprint density at radius 1 is 0.857 bits per heavy atom. The van der Waals surface area contributed by atoms with Gasteiger partial charge in [-0.15, -0.1) is 23.2 Å². The Morgan fingerprint density at radius 3 is 2.23 bits per heavy atom. The molecule has 2 atom stereocenters. The zero-order chi connectivity index (χ0) is 25.7. The maximum atomic E-state index is 13.5. The van der Waals surface area contributed by atoms with Crippen LogP contribution in [0.25, 0.3) is 0 Å². The molecule has 1 fully saturated rings. The first-order chi connectivity index (χ1) is 16.4. The lowest BCUT2D eigenvalue weighted by Crippen LogP contribution is -2.18. The molecule has 12 heteroatoms. The fourth-order valence-electron chi connectivity index (χ4n) is 3.63. The molecule has 1 saturated carbocycles. The summed E-state index contributed by atoms with van der Waals surface area (Å²) in [4.78, 5) is 25.6. The molecule has 5 nitrogen and oxygen atoms in total. The van der Waals surface area contributed by atoms with E-state index in [1.54, 1.807) is 0 Å². The summed E-state index contributed by atoms with van der Waals surface area (Å²) >= 11 is 24.6. The van der Waals surface area contributed by atoms with Gasteiger partial charge in [0.1, 0.15) is 10.2 Å². The summed E-state index contributed by atoms with van der Waals surface area (Å²) in [5, 5.41) is 4.85. The van der Waals surface area contributed by atoms with Gasteiger partial charge in [-0.25, -0.2) is 13.2 Å². The first kappa shape index (κ1) is 25.4. The van der Waals surface area contributed by atoms with Crippen LogP contribution in [0.15, 0.2) is 48.5 Å². The Balaban J connectivity index is 1.52. The minimum atomic E-state index is -1.46. The van der Waals surface area contributed by atoms with Crippen LogP contribution in [0.1, 0.15) is 21.8 Å². The summed E-state index contributed by atoms with van der Waals surface area (Å²) in [6, 6.07) is 9.49. The lowest BCUT2D eigenvalue weighted by atomic mass is 10.1. The van der Waals surface area contributed by atoms with E-state index in [0.717, 1.165) is 18.2 Å². The molecule has 4 N–H and O–H groups in total. The number of hydrogen-bond acceptors (Lipinski definition) is 3. The quantitative estimate of drug-likeness (QED) is 0.237. The SMILES string of the molecule is Nc1cc(F)c(F)cc1NC(=O)c1cc(NC(=O)[C@H]2[C@H](c3ccc(F)c(Cl)c3)C2(Cl)Cl)ccc1Cl. The minimum Gasteiger partial charge on any atom is -0.397 e. The lowest BCUT2D eigenvalue weighted by molar-refractivity contribution is -0.117. The number of rotatable bonds is 5. The number of halogens is 7. The second kappa shape index (κ2) is 9.43. The van der Waals surface area contributed by atoms with Gasteiger partial charge in [-0.05, 0) is 35.9 Å². The smallest absolute Gasteiger partial charge is 0.257 e. The Kier molecular flexibility index (Phi) is 6.85. The first-order valence-electron chi connectivity index (χ1n) is 9.89. The molecule has 0 saturated heterocycles. The third-order valence-corrected chi connectivity index (χ3v) is 7.02. The van der Waals surface area contributed by atoms with Gasteiger partial charge in [-0.2, -0.15) is 0 Å². The van der Waals surface area contributed by atoms with E-state index in [0.29, 0.717) is 5.56 Å². The van der Waals surface area contributed by atoms with Crippen LogP contribution in [-0.2, 0) is 4.79 Å². The average Bonchev–Trinajstić information content (AvgIpc) is 3.37. The lowest BCUT2D eigenvalue weighted by Gasteiger charge is -2.12. The summed E-state index contributed by atoms with van der Waals surface area (Å²) < 4.78 is 38.9. The molecule has 0 spiro atoms. The molecular weight excluding hydrogens is 549 g/mol. The molecule has 3 aromatic carbocycles. The molecule has 0 bridgehead atoms. The third-order valence-electron chi connectivity index (χ3n) is 5.46. The zero-order valence-corrected chi connectivity index (χ0v) is 20.3. The maximum absolute atomic E-state index is 13.5. The van der Waals surface area contributed by atoms with Crippen molar-refractivity contribution in [1.29, 1.82) is 0 Å². The topological polar surface area (TPSA) is 84.2 Å². The Hall–Kier alpha value is -2.65. The van der Waals surface area contributed by atoms with E-state index in [1.807, 2.05) is 0 Å². The average molecular weight is 563 g/mol. The Labute approximate surface area is 217 Å². The van der Waals surface area contributed by atoms with E-state index in [1.165, 1.54) is 30.3 Å². The number of nitrogens with one attached hydrogen (secondary N) is 2. The van der Waals surface area contributed by atoms with Gasteiger partial charge >= 0.3 is 0 Å². The molecule has 0 heterocycles. The van der Waals surface area contributed by atoms with Crippen molar-refractivity contribution in [3.63, 3.8) is 0 Å². The molecule has 0 aromatic heterocycles. The van der Waals surface area contributed by atoms with Crippen LogP contribution in [0.5, 0.6) is 0 Å². The van der Waals surface area contributed by atoms with E-state index in [-0.39, 0.29) is 32.7 Å². The van der Waals surface area contributed by atoms with Crippen molar-refractivity contribution in [2.75, 3.05) is 16.4 Å². The number of amides is 2. The van der Waals surface area contributed by atoms with E-state index in [2.05, 4.69) is 10.6 Å². The van der Waals surface area contributed by atoms with Gasteiger partial charge in [-0.3, -0.25) is 9.59 Å². The summed E-state index contributed by atoms with van der Waals surface area (Å²) in [5.41, 5.74) is 5.88. The molecule has 2 amide bonds. The molecule has 0 aliphatic heterocycles. The second-order valence-electron chi connectivity index (χ2n) is 7.79. The summed E-state index contributed by atoms with van der Waals surface area (Å²) in [6.07, 6.45) is 0. The molecule has 0 unspecified atom stereocenters. The van der Waals surface area contributed by atoms with Crippen LogP contribution < -0.4 is 16.4 Å². The van der Waals surface area contributed by atoms with Gasteiger partial charge in [0.25, 0.3) is 5.91 Å². The predicted octanol–water partition coefficient (Wildman–Crippen LogP) is 6.77. The highest BCUT2D eigenvalue weighted by Gasteiger charge is 2.67. The highest BCUT2D eigenvalue weighted by atomic mass is 35.5. The molecule has 4 rings (SSSR count). The summed E-state index contributed by atoms with van der Waals surface area (Å²) in [5.74, 6) is -5.86. The van der Waals surface area contributed by atoms with Crippen molar-refractivity contribution >= 4 is 75.3 Å². The number of nitrogens with two attached hydrogens (primary N) is 1. The molecule has 182 valence electrons. The normalized spacial score (nSPS) is 18.1. The number of carbonyl (C=O) groups excluding carboxylic acids is 2. The predicted molar refractivity (Wildman–Crippen MR) is 131 cm³/mol. The Bertz CT molecular complexity index is 1370. The number of hydrogen-bond donors (Lipinski definition) is 3. The van der Waals surface area contributed by atoms with E-state index < -0.39 is 45.4 Å². The zero-order valence-electron chi connectivity index (χ0n) is 17.3. The van der Waals surface area contributed by atoms with Gasteiger partial charge in [-0.1, -0.05) is 29.3 Å². The number of alkyl halides is 2. The standard InChI is InChI=1S/C23H14Cl4F3N3O2/c24-12-3-2-10(6-11(12)21(34)33-18-8-16(30)15(29)7-17(18)31)32-22(35)20-19(23(20,26)27)9-1-4-14(28)13(25)5-9/h1-8,19-20H,31H2,(H,32,35)(H,33,34)/t19-,20+/m0/s1. The van der Waals surface area contributed by atoms with Crippen molar-refractivity contribution in [2.24, 2.45) is 5.92 Å². The molecule has 1 aliphatic carbocycles. The van der Waals surface area contributed by atoms with Crippen molar-refractivity contribution < 1.29 is 22.8 Å². The van der Waals surface area contributed by atoms with Crippen molar-refractivity contribution in [3.8, 4) is 0 Å². The number of benzene rings is 3. The number of anilines is 3. The van der Waals surface area contributed by atoms with Crippen LogP contribution in [0.4, 0.5) is 30.2 Å². The number of nitrogen functional groups attached to an aromatic ring is 1. The van der Waals surface area contributed by atoms with Crippen LogP contribution in [0.3, 0.4) is 0 Å². The molecule has 3 aromatic rings. The van der Waals surface area contributed by atoms with Crippen molar-refractivity contribution in [1.82, 2.24) is 0 Å². The van der Waals surface area contributed by atoms with E-state index in [4.69, 9.17) is 52.1 Å². The monoisotopic (exact) mass is 561 g/mol. The van der Waals surface area contributed by atoms with Crippen LogP contribution in [0.2, 0.25) is 10.0 Å². The van der Waals surface area contributed by atoms with Gasteiger partial charge < -0.3 is 16.4 Å². The fourth-order valence-corrected chi connectivity index (χ4v) is 4.85. The summed E-state index contributed by atoms with van der Waals surface area (Å²) in [6.45, 7) is 0. The highest BCUT2D eigenvalue weighted by Crippen LogP contribution is 2.65. The molecule has 1 aliphatic rings.